The second-order valence-electron chi connectivity index (χ2n) is 7.73. The van der Waals surface area contributed by atoms with Crippen LogP contribution in [-0.2, 0) is 16.1 Å². The zero-order valence-electron chi connectivity index (χ0n) is 17.4. The summed E-state index contributed by atoms with van der Waals surface area (Å²) in [5.74, 6) is 0.929. The molecule has 7 nitrogen and oxygen atoms in total. The van der Waals surface area contributed by atoms with Crippen LogP contribution >= 0.6 is 23.4 Å². The van der Waals surface area contributed by atoms with Crippen molar-refractivity contribution in [2.24, 2.45) is 5.73 Å². The van der Waals surface area contributed by atoms with E-state index in [-0.39, 0.29) is 30.0 Å². The number of amides is 2. The third-order valence-corrected chi connectivity index (χ3v) is 6.46. The van der Waals surface area contributed by atoms with E-state index in [1.54, 1.807) is 0 Å². The molecule has 3 aromatic rings. The molecule has 1 aromatic heterocycles. The molecule has 0 saturated heterocycles. The fourth-order valence-electron chi connectivity index (χ4n) is 3.48. The molecular weight excluding hydrogens is 446 g/mol. The van der Waals surface area contributed by atoms with Gasteiger partial charge in [0.2, 0.25) is 11.8 Å². The van der Waals surface area contributed by atoms with Gasteiger partial charge in [0.15, 0.2) is 5.16 Å². The van der Waals surface area contributed by atoms with E-state index in [1.165, 1.54) is 11.8 Å². The molecule has 1 aliphatic carbocycles. The molecule has 1 heterocycles. The smallest absolute Gasteiger partial charge is 0.231 e. The molecule has 9 heteroatoms. The molecule has 1 aliphatic rings. The van der Waals surface area contributed by atoms with Gasteiger partial charge in [-0.15, -0.1) is 10.2 Å². The lowest BCUT2D eigenvalue weighted by molar-refractivity contribution is -0.119. The van der Waals surface area contributed by atoms with E-state index >= 15 is 0 Å². The van der Waals surface area contributed by atoms with Crippen LogP contribution in [0.2, 0.25) is 5.02 Å². The summed E-state index contributed by atoms with van der Waals surface area (Å²) in [4.78, 5) is 24.2. The lowest BCUT2D eigenvalue weighted by Gasteiger charge is -2.20. The van der Waals surface area contributed by atoms with Gasteiger partial charge in [0.1, 0.15) is 5.82 Å². The van der Waals surface area contributed by atoms with Crippen molar-refractivity contribution in [3.8, 4) is 0 Å². The quantitative estimate of drug-likeness (QED) is 0.441. The van der Waals surface area contributed by atoms with Crippen LogP contribution in [0, 0.1) is 0 Å². The van der Waals surface area contributed by atoms with Gasteiger partial charge in [0.25, 0.3) is 0 Å². The van der Waals surface area contributed by atoms with Gasteiger partial charge in [-0.05, 0) is 36.1 Å². The van der Waals surface area contributed by atoms with E-state index in [0.717, 1.165) is 29.8 Å². The summed E-state index contributed by atoms with van der Waals surface area (Å²) in [6.07, 6.45) is 2.35. The third-order valence-electron chi connectivity index (χ3n) is 5.24. The van der Waals surface area contributed by atoms with Gasteiger partial charge in [-0.2, -0.15) is 0 Å². The van der Waals surface area contributed by atoms with E-state index in [0.29, 0.717) is 22.6 Å². The first-order valence-corrected chi connectivity index (χ1v) is 11.8. The van der Waals surface area contributed by atoms with E-state index < -0.39 is 0 Å². The third kappa shape index (κ3) is 5.69. The number of nitrogens with two attached hydrogens (primary N) is 1. The molecule has 1 saturated carbocycles. The SMILES string of the molecule is NC(=O)CCn1c(SCC(=O)NC(c2ccccc2)c2ccc(Cl)cc2)nnc1C1CC1. The van der Waals surface area contributed by atoms with Gasteiger partial charge in [0, 0.05) is 23.9 Å². The normalized spacial score (nSPS) is 14.2. The van der Waals surface area contributed by atoms with Gasteiger partial charge in [0.05, 0.1) is 11.8 Å². The summed E-state index contributed by atoms with van der Waals surface area (Å²) in [6, 6.07) is 16.9. The summed E-state index contributed by atoms with van der Waals surface area (Å²) < 4.78 is 1.92. The molecule has 2 aromatic carbocycles. The number of nitrogens with zero attached hydrogens (tertiary/aromatic N) is 3. The van der Waals surface area contributed by atoms with Crippen molar-refractivity contribution in [2.75, 3.05) is 5.75 Å². The first-order valence-electron chi connectivity index (χ1n) is 10.4. The van der Waals surface area contributed by atoms with E-state index in [1.807, 2.05) is 59.2 Å². The van der Waals surface area contributed by atoms with E-state index in [2.05, 4.69) is 15.5 Å². The molecule has 1 fully saturated rings. The van der Waals surface area contributed by atoms with Crippen molar-refractivity contribution in [1.29, 1.82) is 0 Å². The van der Waals surface area contributed by atoms with E-state index in [9.17, 15) is 9.59 Å². The Kier molecular flexibility index (Phi) is 7.12. The maximum Gasteiger partial charge on any atom is 0.231 e. The highest BCUT2D eigenvalue weighted by Crippen LogP contribution is 2.40. The van der Waals surface area contributed by atoms with Crippen molar-refractivity contribution in [1.82, 2.24) is 20.1 Å². The monoisotopic (exact) mass is 469 g/mol. The van der Waals surface area contributed by atoms with Crippen molar-refractivity contribution in [3.63, 3.8) is 0 Å². The molecular formula is C23H24ClN5O2S. The second-order valence-corrected chi connectivity index (χ2v) is 9.11. The zero-order chi connectivity index (χ0) is 22.5. The Morgan fingerprint density at radius 1 is 1.09 bits per heavy atom. The number of halogens is 1. The highest BCUT2D eigenvalue weighted by Gasteiger charge is 2.30. The topological polar surface area (TPSA) is 103 Å². The summed E-state index contributed by atoms with van der Waals surface area (Å²) >= 11 is 7.35. The van der Waals surface area contributed by atoms with Crippen molar-refractivity contribution < 1.29 is 9.59 Å². The Hall–Kier alpha value is -2.84. The molecule has 1 unspecified atom stereocenters. The highest BCUT2D eigenvalue weighted by molar-refractivity contribution is 7.99. The number of aromatic nitrogens is 3. The maximum absolute atomic E-state index is 12.9. The van der Waals surface area contributed by atoms with Crippen LogP contribution in [0.5, 0.6) is 0 Å². The van der Waals surface area contributed by atoms with Gasteiger partial charge in [-0.3, -0.25) is 9.59 Å². The molecule has 0 bridgehead atoms. The fourth-order valence-corrected chi connectivity index (χ4v) is 4.38. The molecule has 32 heavy (non-hydrogen) atoms. The molecule has 0 radical (unpaired) electrons. The molecule has 3 N–H and O–H groups in total. The summed E-state index contributed by atoms with van der Waals surface area (Å²) in [5, 5.41) is 12.9. The minimum Gasteiger partial charge on any atom is -0.370 e. The Morgan fingerprint density at radius 3 is 2.44 bits per heavy atom. The van der Waals surface area contributed by atoms with Crippen LogP contribution in [0.4, 0.5) is 0 Å². The Labute approximate surface area is 195 Å². The van der Waals surface area contributed by atoms with Crippen molar-refractivity contribution in [3.05, 3.63) is 76.6 Å². The van der Waals surface area contributed by atoms with Crippen molar-refractivity contribution >= 4 is 35.2 Å². The number of hydrogen-bond acceptors (Lipinski definition) is 5. The molecule has 166 valence electrons. The predicted molar refractivity (Wildman–Crippen MR) is 124 cm³/mol. The van der Waals surface area contributed by atoms with Gasteiger partial charge in [-0.1, -0.05) is 65.8 Å². The van der Waals surface area contributed by atoms with E-state index in [4.69, 9.17) is 17.3 Å². The average Bonchev–Trinajstić information content (AvgIpc) is 3.56. The van der Waals surface area contributed by atoms with Gasteiger partial charge < -0.3 is 15.6 Å². The lowest BCUT2D eigenvalue weighted by atomic mass is 9.99. The van der Waals surface area contributed by atoms with Crippen LogP contribution in [-0.4, -0.2) is 32.3 Å². The summed E-state index contributed by atoms with van der Waals surface area (Å²) in [7, 11) is 0. The number of primary amides is 1. The number of benzene rings is 2. The maximum atomic E-state index is 12.9. The highest BCUT2D eigenvalue weighted by atomic mass is 35.5. The minimum absolute atomic E-state index is 0.128. The Morgan fingerprint density at radius 2 is 1.78 bits per heavy atom. The van der Waals surface area contributed by atoms with Crippen LogP contribution in [0.1, 0.15) is 48.2 Å². The number of carbonyl (C=O) groups is 2. The van der Waals surface area contributed by atoms with Crippen LogP contribution in [0.15, 0.2) is 59.8 Å². The summed E-state index contributed by atoms with van der Waals surface area (Å²) in [6.45, 7) is 0.426. The zero-order valence-corrected chi connectivity index (χ0v) is 19.0. The first kappa shape index (κ1) is 22.4. The number of nitrogens with one attached hydrogen (secondary N) is 1. The Bertz CT molecular complexity index is 1080. The number of carbonyl (C=O) groups excluding carboxylic acids is 2. The second kappa shape index (κ2) is 10.2. The van der Waals surface area contributed by atoms with Crippen molar-refractivity contribution in [2.45, 2.75) is 42.9 Å². The standard InChI is InChI=1S/C23H24ClN5O2S/c24-18-10-8-16(9-11-18)21(15-4-2-1-3-5-15)26-20(31)14-32-23-28-27-22(17-6-7-17)29(23)13-12-19(25)30/h1-5,8-11,17,21H,6-7,12-14H2,(H2,25,30)(H,26,31). The Balaban J connectivity index is 1.46. The predicted octanol–water partition coefficient (Wildman–Crippen LogP) is 3.68. The lowest BCUT2D eigenvalue weighted by Crippen LogP contribution is -2.30. The largest absolute Gasteiger partial charge is 0.370 e. The molecule has 0 spiro atoms. The molecule has 0 aliphatic heterocycles. The average molecular weight is 470 g/mol. The first-order chi connectivity index (χ1) is 15.5. The van der Waals surface area contributed by atoms with Crippen LogP contribution in [0.25, 0.3) is 0 Å². The number of thioether (sulfide) groups is 1. The molecule has 4 rings (SSSR count). The molecule has 2 amide bonds. The number of rotatable bonds is 10. The minimum atomic E-state index is -0.372. The van der Waals surface area contributed by atoms with Crippen LogP contribution < -0.4 is 11.1 Å². The van der Waals surface area contributed by atoms with Gasteiger partial charge in [-0.25, -0.2) is 0 Å². The fraction of sp³-hybridized carbons (Fsp3) is 0.304. The molecule has 1 atom stereocenters. The summed E-state index contributed by atoms with van der Waals surface area (Å²) in [5.41, 5.74) is 7.25. The van der Waals surface area contributed by atoms with Gasteiger partial charge >= 0.3 is 0 Å². The van der Waals surface area contributed by atoms with Crippen LogP contribution in [0.3, 0.4) is 0 Å². The number of hydrogen-bond donors (Lipinski definition) is 2.